The van der Waals surface area contributed by atoms with Gasteiger partial charge in [-0.3, -0.25) is 4.98 Å². The van der Waals surface area contributed by atoms with Crippen molar-refractivity contribution in [3.8, 4) is 22.3 Å². The summed E-state index contributed by atoms with van der Waals surface area (Å²) in [6.07, 6.45) is 3.68. The lowest BCUT2D eigenvalue weighted by molar-refractivity contribution is 0.668. The SMILES string of the molecule is c1ccc(-c2ccc(N(c3ccc(-c4ccc5c6ccccc6c6ccccc6c5c4)cc3)c3cccc4oc5ccncc5c34)cc2)cc1. The van der Waals surface area contributed by atoms with Gasteiger partial charge in [0.1, 0.15) is 11.2 Å². The van der Waals surface area contributed by atoms with E-state index in [0.717, 1.165) is 39.0 Å². The van der Waals surface area contributed by atoms with Crippen LogP contribution in [0.15, 0.2) is 187 Å². The van der Waals surface area contributed by atoms with Crippen LogP contribution < -0.4 is 4.90 Å². The summed E-state index contributed by atoms with van der Waals surface area (Å²) >= 11 is 0. The van der Waals surface area contributed by atoms with Gasteiger partial charge in [-0.25, -0.2) is 0 Å². The topological polar surface area (TPSA) is 29.3 Å². The molecule has 50 heavy (non-hydrogen) atoms. The minimum Gasteiger partial charge on any atom is -0.456 e. The van der Waals surface area contributed by atoms with Crippen molar-refractivity contribution in [3.05, 3.63) is 182 Å². The Morgan fingerprint density at radius 1 is 0.380 bits per heavy atom. The average molecular weight is 639 g/mol. The summed E-state index contributed by atoms with van der Waals surface area (Å²) in [6, 6.07) is 60.8. The van der Waals surface area contributed by atoms with E-state index in [2.05, 4.69) is 168 Å². The van der Waals surface area contributed by atoms with Gasteiger partial charge in [-0.2, -0.15) is 0 Å². The fourth-order valence-corrected chi connectivity index (χ4v) is 7.59. The number of pyridine rings is 1. The molecule has 2 aromatic heterocycles. The molecule has 0 aliphatic carbocycles. The van der Waals surface area contributed by atoms with Gasteiger partial charge in [0.25, 0.3) is 0 Å². The highest BCUT2D eigenvalue weighted by Crippen LogP contribution is 2.44. The van der Waals surface area contributed by atoms with Gasteiger partial charge in [0.05, 0.1) is 11.1 Å². The Morgan fingerprint density at radius 3 is 1.58 bits per heavy atom. The molecule has 0 saturated heterocycles. The summed E-state index contributed by atoms with van der Waals surface area (Å²) in [6.45, 7) is 0. The van der Waals surface area contributed by atoms with Crippen LogP contribution in [-0.4, -0.2) is 4.98 Å². The van der Waals surface area contributed by atoms with E-state index >= 15 is 0 Å². The van der Waals surface area contributed by atoms with E-state index < -0.39 is 0 Å². The molecule has 0 unspecified atom stereocenters. The quantitative estimate of drug-likeness (QED) is 0.176. The standard InChI is InChI=1S/C47H30N2O/c1-2-9-31(10-3-1)32-17-22-35(23-18-32)49(44-15-8-16-46-47(44)43-30-48-28-27-45(43)50-46)36-24-19-33(20-25-36)34-21-26-41-39-13-5-4-11-37(39)38-12-6-7-14-40(38)42(41)29-34/h1-30H. The number of aromatic nitrogens is 1. The Morgan fingerprint density at radius 2 is 0.920 bits per heavy atom. The largest absolute Gasteiger partial charge is 0.456 e. The van der Waals surface area contributed by atoms with Gasteiger partial charge in [-0.15, -0.1) is 0 Å². The van der Waals surface area contributed by atoms with Crippen LogP contribution in [0.25, 0.3) is 76.5 Å². The maximum absolute atomic E-state index is 6.29. The second kappa shape index (κ2) is 11.5. The van der Waals surface area contributed by atoms with Crippen molar-refractivity contribution < 1.29 is 4.42 Å². The highest BCUT2D eigenvalue weighted by atomic mass is 16.3. The van der Waals surface area contributed by atoms with Crippen molar-refractivity contribution in [1.82, 2.24) is 4.98 Å². The van der Waals surface area contributed by atoms with Crippen molar-refractivity contribution in [2.24, 2.45) is 0 Å². The Kier molecular flexibility index (Phi) is 6.49. The van der Waals surface area contributed by atoms with Crippen LogP contribution in [0.3, 0.4) is 0 Å². The predicted octanol–water partition coefficient (Wildman–Crippen LogP) is 13.2. The van der Waals surface area contributed by atoms with E-state index in [4.69, 9.17) is 4.42 Å². The van der Waals surface area contributed by atoms with Gasteiger partial charge in [0.2, 0.25) is 0 Å². The Hall–Kier alpha value is -6.71. The molecule has 10 rings (SSSR count). The van der Waals surface area contributed by atoms with E-state index in [9.17, 15) is 0 Å². The van der Waals surface area contributed by atoms with Gasteiger partial charge in [0, 0.05) is 29.2 Å². The monoisotopic (exact) mass is 638 g/mol. The van der Waals surface area contributed by atoms with Gasteiger partial charge >= 0.3 is 0 Å². The predicted molar refractivity (Wildman–Crippen MR) is 210 cm³/mol. The molecule has 0 bridgehead atoms. The Balaban J connectivity index is 1.12. The second-order valence-electron chi connectivity index (χ2n) is 12.8. The lowest BCUT2D eigenvalue weighted by atomic mass is 9.92. The third-order valence-electron chi connectivity index (χ3n) is 9.95. The molecule has 0 aliphatic heterocycles. The van der Waals surface area contributed by atoms with E-state index in [1.54, 1.807) is 6.20 Å². The van der Waals surface area contributed by atoms with E-state index in [1.165, 1.54) is 54.6 Å². The molecule has 0 aliphatic rings. The van der Waals surface area contributed by atoms with Crippen LogP contribution >= 0.6 is 0 Å². The Bertz CT molecular complexity index is 2820. The number of hydrogen-bond donors (Lipinski definition) is 0. The Labute approximate surface area is 289 Å². The highest BCUT2D eigenvalue weighted by molar-refractivity contribution is 6.25. The number of nitrogens with zero attached hydrogens (tertiary/aromatic N) is 2. The first-order valence-electron chi connectivity index (χ1n) is 16.9. The number of rotatable bonds is 5. The first-order valence-corrected chi connectivity index (χ1v) is 16.9. The summed E-state index contributed by atoms with van der Waals surface area (Å²) in [5, 5.41) is 9.73. The van der Waals surface area contributed by atoms with Crippen molar-refractivity contribution in [3.63, 3.8) is 0 Å². The summed E-state index contributed by atoms with van der Waals surface area (Å²) < 4.78 is 6.29. The van der Waals surface area contributed by atoms with Gasteiger partial charge in [-0.05, 0) is 103 Å². The molecule has 0 saturated carbocycles. The molecule has 8 aromatic carbocycles. The van der Waals surface area contributed by atoms with Gasteiger partial charge in [0.15, 0.2) is 0 Å². The maximum Gasteiger partial charge on any atom is 0.138 e. The zero-order valence-electron chi connectivity index (χ0n) is 27.1. The zero-order chi connectivity index (χ0) is 33.0. The lowest BCUT2D eigenvalue weighted by Crippen LogP contribution is -2.10. The third kappa shape index (κ3) is 4.56. The van der Waals surface area contributed by atoms with Gasteiger partial charge in [-0.1, -0.05) is 121 Å². The van der Waals surface area contributed by atoms with Crippen LogP contribution in [0.4, 0.5) is 17.1 Å². The zero-order valence-corrected chi connectivity index (χ0v) is 27.1. The second-order valence-corrected chi connectivity index (χ2v) is 12.8. The van der Waals surface area contributed by atoms with Gasteiger partial charge < -0.3 is 9.32 Å². The smallest absolute Gasteiger partial charge is 0.138 e. The number of fused-ring (bicyclic) bond motifs is 9. The lowest BCUT2D eigenvalue weighted by Gasteiger charge is -2.26. The van der Waals surface area contributed by atoms with Crippen molar-refractivity contribution in [2.45, 2.75) is 0 Å². The molecule has 234 valence electrons. The summed E-state index contributed by atoms with van der Waals surface area (Å²) in [7, 11) is 0. The summed E-state index contributed by atoms with van der Waals surface area (Å²) in [5.74, 6) is 0. The molecular weight excluding hydrogens is 609 g/mol. The van der Waals surface area contributed by atoms with E-state index in [-0.39, 0.29) is 0 Å². The van der Waals surface area contributed by atoms with Crippen molar-refractivity contribution in [1.29, 1.82) is 0 Å². The molecule has 0 amide bonds. The number of furan rings is 1. The molecule has 10 aromatic rings. The summed E-state index contributed by atoms with van der Waals surface area (Å²) in [4.78, 5) is 6.77. The van der Waals surface area contributed by atoms with Crippen LogP contribution in [0.2, 0.25) is 0 Å². The first kappa shape index (κ1) is 28.3. The molecule has 2 heterocycles. The normalized spacial score (nSPS) is 11.6. The molecule has 0 spiro atoms. The fourth-order valence-electron chi connectivity index (χ4n) is 7.59. The van der Waals surface area contributed by atoms with Crippen LogP contribution in [0, 0.1) is 0 Å². The summed E-state index contributed by atoms with van der Waals surface area (Å²) in [5.41, 5.74) is 9.56. The number of hydrogen-bond acceptors (Lipinski definition) is 3. The van der Waals surface area contributed by atoms with Crippen molar-refractivity contribution >= 4 is 71.3 Å². The molecule has 0 fully saturated rings. The van der Waals surface area contributed by atoms with Crippen LogP contribution in [-0.2, 0) is 0 Å². The van der Waals surface area contributed by atoms with E-state index in [0.29, 0.717) is 0 Å². The third-order valence-corrected chi connectivity index (χ3v) is 9.95. The minimum absolute atomic E-state index is 0.828. The molecule has 0 radical (unpaired) electrons. The van der Waals surface area contributed by atoms with Crippen molar-refractivity contribution in [2.75, 3.05) is 4.90 Å². The molecule has 0 N–H and O–H groups in total. The number of anilines is 3. The van der Waals surface area contributed by atoms with E-state index in [1.807, 2.05) is 18.3 Å². The molecule has 0 atom stereocenters. The maximum atomic E-state index is 6.29. The molecule has 3 nitrogen and oxygen atoms in total. The molecular formula is C47H30N2O. The average Bonchev–Trinajstić information content (AvgIpc) is 3.58. The van der Waals surface area contributed by atoms with Crippen LogP contribution in [0.5, 0.6) is 0 Å². The van der Waals surface area contributed by atoms with Crippen LogP contribution in [0.1, 0.15) is 0 Å². The minimum atomic E-state index is 0.828. The number of benzene rings is 8. The highest BCUT2D eigenvalue weighted by Gasteiger charge is 2.20. The first-order chi connectivity index (χ1) is 24.8. The molecule has 3 heteroatoms. The fraction of sp³-hybridized carbons (Fsp3) is 0.